The van der Waals surface area contributed by atoms with E-state index in [9.17, 15) is 4.79 Å². The molecule has 0 radical (unpaired) electrons. The van der Waals surface area contributed by atoms with Crippen LogP contribution < -0.4 is 10.2 Å². The molecule has 3 aromatic rings. The number of benzene rings is 1. The molecule has 6 rings (SSSR count). The average molecular weight is 417 g/mol. The number of carbonyl (C=O) groups is 1. The zero-order chi connectivity index (χ0) is 20.8. The number of hydrogen-bond acceptors (Lipinski definition) is 5. The van der Waals surface area contributed by atoms with Gasteiger partial charge in [-0.2, -0.15) is 9.61 Å². The first-order valence-corrected chi connectivity index (χ1v) is 11.4. The van der Waals surface area contributed by atoms with Gasteiger partial charge in [0.1, 0.15) is 5.82 Å². The van der Waals surface area contributed by atoms with Crippen LogP contribution in [0.1, 0.15) is 16.8 Å². The lowest BCUT2D eigenvalue weighted by molar-refractivity contribution is -0.142. The number of nitrogens with zero attached hydrogens (tertiary/aromatic N) is 5. The van der Waals surface area contributed by atoms with Gasteiger partial charge in [0, 0.05) is 50.8 Å². The lowest BCUT2D eigenvalue weighted by Gasteiger charge is -2.47. The minimum Gasteiger partial charge on any atom is -0.354 e. The van der Waals surface area contributed by atoms with Crippen LogP contribution in [-0.2, 0) is 24.1 Å². The average Bonchev–Trinajstić information content (AvgIpc) is 3.06. The predicted octanol–water partition coefficient (Wildman–Crippen LogP) is 1.55. The summed E-state index contributed by atoms with van der Waals surface area (Å²) in [7, 11) is 0. The Hall–Kier alpha value is -2.93. The molecular formula is C24H28N6O. The number of fused-ring (bicyclic) bond motifs is 2. The van der Waals surface area contributed by atoms with Crippen LogP contribution in [0.3, 0.4) is 0 Å². The van der Waals surface area contributed by atoms with Crippen LogP contribution in [0, 0.1) is 11.8 Å². The van der Waals surface area contributed by atoms with Gasteiger partial charge in [0.15, 0.2) is 5.65 Å². The molecule has 0 spiro atoms. The van der Waals surface area contributed by atoms with E-state index in [4.69, 9.17) is 4.98 Å². The van der Waals surface area contributed by atoms with Gasteiger partial charge in [-0.15, -0.1) is 0 Å². The number of amides is 1. The van der Waals surface area contributed by atoms with E-state index in [-0.39, 0.29) is 5.92 Å². The highest BCUT2D eigenvalue weighted by Crippen LogP contribution is 2.33. The maximum absolute atomic E-state index is 13.0. The van der Waals surface area contributed by atoms with Gasteiger partial charge in [0.25, 0.3) is 0 Å². The van der Waals surface area contributed by atoms with E-state index in [1.165, 1.54) is 16.8 Å². The Morgan fingerprint density at radius 1 is 1.03 bits per heavy atom. The molecule has 1 N–H and O–H groups in total. The summed E-state index contributed by atoms with van der Waals surface area (Å²) in [6.07, 6.45) is 4.78. The molecule has 1 aromatic carbocycles. The topological polar surface area (TPSA) is 65.8 Å². The van der Waals surface area contributed by atoms with E-state index < -0.39 is 0 Å². The Bertz CT molecular complexity index is 1100. The molecule has 7 nitrogen and oxygen atoms in total. The van der Waals surface area contributed by atoms with Gasteiger partial charge in [0.2, 0.25) is 5.91 Å². The standard InChI is InChI=1S/C24H28N6O/c31-24(29-13-18(14-29)12-17-4-2-1-3-5-17)19-15-28(16-19)23-20-6-9-25-10-7-21(20)27-22-8-11-26-30(22)23/h1-5,8,11,18-19,25H,6-7,9-10,12-16H2. The number of nitrogens with one attached hydrogen (secondary N) is 1. The fraction of sp³-hybridized carbons (Fsp3) is 0.458. The highest BCUT2D eigenvalue weighted by molar-refractivity contribution is 5.83. The minimum absolute atomic E-state index is 0.0935. The van der Waals surface area contributed by atoms with Crippen LogP contribution in [0.25, 0.3) is 5.65 Å². The van der Waals surface area contributed by atoms with Crippen molar-refractivity contribution in [3.8, 4) is 0 Å². The molecule has 2 saturated heterocycles. The van der Waals surface area contributed by atoms with Crippen molar-refractivity contribution in [2.75, 3.05) is 44.2 Å². The number of carbonyl (C=O) groups excluding carboxylic acids is 1. The second-order valence-corrected chi connectivity index (χ2v) is 9.11. The second-order valence-electron chi connectivity index (χ2n) is 9.11. The zero-order valence-electron chi connectivity index (χ0n) is 17.7. The number of aromatic nitrogens is 3. The lowest BCUT2D eigenvalue weighted by Crippen LogP contribution is -2.60. The normalized spacial score (nSPS) is 19.6. The fourth-order valence-electron chi connectivity index (χ4n) is 5.23. The molecule has 0 aliphatic carbocycles. The smallest absolute Gasteiger partial charge is 0.229 e. The largest absolute Gasteiger partial charge is 0.354 e. The van der Waals surface area contributed by atoms with Crippen LogP contribution in [0.4, 0.5) is 5.82 Å². The fourth-order valence-corrected chi connectivity index (χ4v) is 5.23. The van der Waals surface area contributed by atoms with Gasteiger partial charge in [-0.25, -0.2) is 4.98 Å². The SMILES string of the molecule is O=C(C1CN(c2c3c(nc4ccnn24)CCNCC3)C1)N1CC(Cc2ccccc2)C1. The number of hydrogen-bond donors (Lipinski definition) is 1. The van der Waals surface area contributed by atoms with Crippen LogP contribution in [0.5, 0.6) is 0 Å². The van der Waals surface area contributed by atoms with Crippen LogP contribution >= 0.6 is 0 Å². The van der Waals surface area contributed by atoms with Crippen molar-refractivity contribution in [2.45, 2.75) is 19.3 Å². The highest BCUT2D eigenvalue weighted by atomic mass is 16.2. The van der Waals surface area contributed by atoms with Crippen molar-refractivity contribution < 1.29 is 4.79 Å². The van der Waals surface area contributed by atoms with Crippen molar-refractivity contribution in [3.05, 3.63) is 59.4 Å². The first-order valence-electron chi connectivity index (χ1n) is 11.4. The molecule has 160 valence electrons. The van der Waals surface area contributed by atoms with Crippen molar-refractivity contribution in [2.24, 2.45) is 11.8 Å². The molecule has 0 unspecified atom stereocenters. The molecule has 5 heterocycles. The molecule has 2 fully saturated rings. The van der Waals surface area contributed by atoms with Gasteiger partial charge in [-0.3, -0.25) is 4.79 Å². The summed E-state index contributed by atoms with van der Waals surface area (Å²) >= 11 is 0. The van der Waals surface area contributed by atoms with Crippen molar-refractivity contribution in [3.63, 3.8) is 0 Å². The molecule has 3 aliphatic rings. The molecular weight excluding hydrogens is 388 g/mol. The van der Waals surface area contributed by atoms with E-state index in [0.29, 0.717) is 11.8 Å². The third-order valence-electron chi connectivity index (χ3n) is 6.95. The van der Waals surface area contributed by atoms with E-state index in [1.54, 1.807) is 0 Å². The third-order valence-corrected chi connectivity index (χ3v) is 6.95. The van der Waals surface area contributed by atoms with E-state index >= 15 is 0 Å². The lowest BCUT2D eigenvalue weighted by atomic mass is 9.89. The van der Waals surface area contributed by atoms with Crippen molar-refractivity contribution in [1.82, 2.24) is 24.8 Å². The van der Waals surface area contributed by atoms with Crippen LogP contribution in [0.2, 0.25) is 0 Å². The summed E-state index contributed by atoms with van der Waals surface area (Å²) in [5.74, 6) is 2.15. The number of likely N-dealkylation sites (tertiary alicyclic amines) is 1. The second kappa shape index (κ2) is 7.64. The third kappa shape index (κ3) is 3.37. The predicted molar refractivity (Wildman–Crippen MR) is 119 cm³/mol. The maximum atomic E-state index is 13.0. The molecule has 3 aliphatic heterocycles. The molecule has 7 heteroatoms. The Kier molecular flexibility index (Phi) is 4.64. The molecule has 1 amide bonds. The van der Waals surface area contributed by atoms with Gasteiger partial charge in [-0.1, -0.05) is 30.3 Å². The first-order chi connectivity index (χ1) is 15.3. The van der Waals surface area contributed by atoms with Gasteiger partial charge < -0.3 is 15.1 Å². The molecule has 2 aromatic heterocycles. The van der Waals surface area contributed by atoms with E-state index in [2.05, 4.69) is 50.5 Å². The maximum Gasteiger partial charge on any atom is 0.229 e. The summed E-state index contributed by atoms with van der Waals surface area (Å²) in [6.45, 7) is 5.26. The van der Waals surface area contributed by atoms with Gasteiger partial charge in [-0.05, 0) is 30.9 Å². The van der Waals surface area contributed by atoms with Crippen LogP contribution in [0.15, 0.2) is 42.6 Å². The minimum atomic E-state index is 0.0935. The Morgan fingerprint density at radius 2 is 1.84 bits per heavy atom. The Labute approximate surface area is 182 Å². The van der Waals surface area contributed by atoms with Gasteiger partial charge in [0.05, 0.1) is 17.8 Å². The van der Waals surface area contributed by atoms with Crippen molar-refractivity contribution >= 4 is 17.4 Å². The van der Waals surface area contributed by atoms with Crippen molar-refractivity contribution in [1.29, 1.82) is 0 Å². The Morgan fingerprint density at radius 3 is 2.68 bits per heavy atom. The monoisotopic (exact) mass is 416 g/mol. The summed E-state index contributed by atoms with van der Waals surface area (Å²) in [6, 6.07) is 12.6. The molecule has 31 heavy (non-hydrogen) atoms. The molecule has 0 bridgehead atoms. The first kappa shape index (κ1) is 18.8. The van der Waals surface area contributed by atoms with E-state index in [0.717, 1.165) is 70.0 Å². The summed E-state index contributed by atoms with van der Waals surface area (Å²) in [5.41, 5.74) is 4.73. The quantitative estimate of drug-likeness (QED) is 0.699. The molecule has 0 saturated carbocycles. The van der Waals surface area contributed by atoms with E-state index in [1.807, 2.05) is 16.8 Å². The Balaban J connectivity index is 1.12. The highest BCUT2D eigenvalue weighted by Gasteiger charge is 2.41. The molecule has 0 atom stereocenters. The zero-order valence-corrected chi connectivity index (χ0v) is 17.7. The number of rotatable bonds is 4. The summed E-state index contributed by atoms with van der Waals surface area (Å²) < 4.78 is 1.96. The summed E-state index contributed by atoms with van der Waals surface area (Å²) in [4.78, 5) is 22.2. The van der Waals surface area contributed by atoms with Crippen LogP contribution in [-0.4, -0.2) is 64.7 Å². The summed E-state index contributed by atoms with van der Waals surface area (Å²) in [5, 5.41) is 8.01. The van der Waals surface area contributed by atoms with Gasteiger partial charge >= 0.3 is 0 Å². The number of anilines is 1.